The first kappa shape index (κ1) is 16.7. The Kier molecular flexibility index (Phi) is 5.35. The van der Waals surface area contributed by atoms with Gasteiger partial charge in [0.15, 0.2) is 0 Å². The van der Waals surface area contributed by atoms with E-state index in [1.807, 2.05) is 0 Å². The van der Waals surface area contributed by atoms with Gasteiger partial charge in [0.25, 0.3) is 0 Å². The Morgan fingerprint density at radius 3 is 2.10 bits per heavy atom. The van der Waals surface area contributed by atoms with Crippen molar-refractivity contribution >= 4 is 5.97 Å². The number of carboxylic acids is 1. The van der Waals surface area contributed by atoms with E-state index < -0.39 is 11.4 Å². The third-order valence-electron chi connectivity index (χ3n) is 3.65. The van der Waals surface area contributed by atoms with Crippen LogP contribution in [0.2, 0.25) is 0 Å². The molecule has 20 heavy (non-hydrogen) atoms. The Balaban J connectivity index is 2.42. The highest BCUT2D eigenvalue weighted by molar-refractivity contribution is 5.73. The third-order valence-corrected chi connectivity index (χ3v) is 3.65. The number of nitrogens with one attached hydrogen (secondary N) is 1. The monoisotopic (exact) mass is 277 g/mol. The first-order chi connectivity index (χ1) is 9.13. The molecule has 0 spiro atoms. The fourth-order valence-electron chi connectivity index (χ4n) is 1.86. The van der Waals surface area contributed by atoms with Crippen molar-refractivity contribution in [3.05, 3.63) is 35.4 Å². The smallest absolute Gasteiger partial charge is 0.309 e. The minimum atomic E-state index is -0.742. The van der Waals surface area contributed by atoms with Crippen LogP contribution in [-0.2, 0) is 16.8 Å². The third kappa shape index (κ3) is 4.97. The fourth-order valence-corrected chi connectivity index (χ4v) is 1.86. The molecule has 1 aromatic carbocycles. The Labute approximate surface area is 122 Å². The molecule has 2 N–H and O–H groups in total. The number of hydrogen-bond acceptors (Lipinski definition) is 2. The lowest BCUT2D eigenvalue weighted by Crippen LogP contribution is -2.28. The first-order valence-corrected chi connectivity index (χ1v) is 7.16. The van der Waals surface area contributed by atoms with E-state index >= 15 is 0 Å². The molecule has 0 saturated heterocycles. The summed E-state index contributed by atoms with van der Waals surface area (Å²) in [5.41, 5.74) is 2.07. The van der Waals surface area contributed by atoms with Crippen molar-refractivity contribution in [2.24, 2.45) is 5.41 Å². The van der Waals surface area contributed by atoms with Crippen molar-refractivity contribution in [3.63, 3.8) is 0 Å². The number of carboxylic acid groups (broad SMARTS) is 1. The van der Waals surface area contributed by atoms with Crippen LogP contribution in [0.1, 0.15) is 52.2 Å². The Hall–Kier alpha value is -1.35. The SMILES string of the molecule is CC(C)(CCNCc1ccc(C(C)(C)C)cc1)C(=O)O. The van der Waals surface area contributed by atoms with Crippen molar-refractivity contribution in [2.45, 2.75) is 53.0 Å². The molecule has 0 aliphatic carbocycles. The quantitative estimate of drug-likeness (QED) is 0.781. The molecule has 0 aliphatic rings. The van der Waals surface area contributed by atoms with Crippen LogP contribution in [0.4, 0.5) is 0 Å². The van der Waals surface area contributed by atoms with Crippen molar-refractivity contribution in [2.75, 3.05) is 6.54 Å². The summed E-state index contributed by atoms with van der Waals surface area (Å²) in [5.74, 6) is -0.742. The highest BCUT2D eigenvalue weighted by Crippen LogP contribution is 2.22. The maximum Gasteiger partial charge on any atom is 0.309 e. The number of rotatable bonds is 6. The average Bonchev–Trinajstić information content (AvgIpc) is 2.34. The minimum absolute atomic E-state index is 0.178. The van der Waals surface area contributed by atoms with Crippen LogP contribution < -0.4 is 5.32 Å². The number of aliphatic carboxylic acids is 1. The van der Waals surface area contributed by atoms with E-state index in [0.29, 0.717) is 13.0 Å². The van der Waals surface area contributed by atoms with Gasteiger partial charge in [0, 0.05) is 6.54 Å². The predicted molar refractivity (Wildman–Crippen MR) is 82.9 cm³/mol. The zero-order valence-electron chi connectivity index (χ0n) is 13.3. The van der Waals surface area contributed by atoms with E-state index in [2.05, 4.69) is 50.4 Å². The zero-order valence-corrected chi connectivity index (χ0v) is 13.3. The standard InChI is InChI=1S/C17H27NO2/c1-16(2,3)14-8-6-13(7-9-14)12-18-11-10-17(4,5)15(19)20/h6-9,18H,10-12H2,1-5H3,(H,19,20). The summed E-state index contributed by atoms with van der Waals surface area (Å²) in [6.07, 6.45) is 0.627. The molecule has 0 radical (unpaired) electrons. The molecule has 1 aromatic rings. The highest BCUT2D eigenvalue weighted by Gasteiger charge is 2.26. The molecular weight excluding hydrogens is 250 g/mol. The molecule has 0 fully saturated rings. The zero-order chi connectivity index (χ0) is 15.4. The molecule has 0 unspecified atom stereocenters. The number of carbonyl (C=O) groups is 1. The van der Waals surface area contributed by atoms with Crippen LogP contribution >= 0.6 is 0 Å². The van der Waals surface area contributed by atoms with Crippen LogP contribution in [0.5, 0.6) is 0 Å². The lowest BCUT2D eigenvalue weighted by atomic mass is 9.87. The normalized spacial score (nSPS) is 12.4. The second-order valence-corrected chi connectivity index (χ2v) is 7.06. The summed E-state index contributed by atoms with van der Waals surface area (Å²) in [7, 11) is 0. The van der Waals surface area contributed by atoms with Gasteiger partial charge in [-0.2, -0.15) is 0 Å². The molecule has 1 rings (SSSR count). The summed E-state index contributed by atoms with van der Waals surface area (Å²) in [6, 6.07) is 8.60. The topological polar surface area (TPSA) is 49.3 Å². The Morgan fingerprint density at radius 1 is 1.10 bits per heavy atom. The van der Waals surface area contributed by atoms with Gasteiger partial charge in [0.1, 0.15) is 0 Å². The number of hydrogen-bond donors (Lipinski definition) is 2. The van der Waals surface area contributed by atoms with Gasteiger partial charge in [-0.05, 0) is 43.4 Å². The molecule has 0 heterocycles. The fraction of sp³-hybridized carbons (Fsp3) is 0.588. The Bertz CT molecular complexity index is 441. The maximum atomic E-state index is 11.0. The molecule has 0 aliphatic heterocycles. The second-order valence-electron chi connectivity index (χ2n) is 7.06. The van der Waals surface area contributed by atoms with Crippen molar-refractivity contribution in [1.82, 2.24) is 5.32 Å². The van der Waals surface area contributed by atoms with Gasteiger partial charge in [-0.15, -0.1) is 0 Å². The minimum Gasteiger partial charge on any atom is -0.481 e. The average molecular weight is 277 g/mol. The van der Waals surface area contributed by atoms with E-state index in [-0.39, 0.29) is 5.41 Å². The molecule has 0 amide bonds. The van der Waals surface area contributed by atoms with Crippen molar-refractivity contribution in [1.29, 1.82) is 0 Å². The van der Waals surface area contributed by atoms with E-state index in [9.17, 15) is 4.79 Å². The van der Waals surface area contributed by atoms with E-state index in [1.165, 1.54) is 11.1 Å². The molecular formula is C17H27NO2. The number of benzene rings is 1. The van der Waals surface area contributed by atoms with Crippen LogP contribution in [0.15, 0.2) is 24.3 Å². The lowest BCUT2D eigenvalue weighted by molar-refractivity contribution is -0.147. The van der Waals surface area contributed by atoms with E-state index in [1.54, 1.807) is 13.8 Å². The molecule has 0 atom stereocenters. The van der Waals surface area contributed by atoms with Crippen LogP contribution in [-0.4, -0.2) is 17.6 Å². The highest BCUT2D eigenvalue weighted by atomic mass is 16.4. The molecule has 3 nitrogen and oxygen atoms in total. The van der Waals surface area contributed by atoms with E-state index in [4.69, 9.17) is 5.11 Å². The van der Waals surface area contributed by atoms with E-state index in [0.717, 1.165) is 6.54 Å². The summed E-state index contributed by atoms with van der Waals surface area (Å²) >= 11 is 0. The largest absolute Gasteiger partial charge is 0.481 e. The van der Waals surface area contributed by atoms with Gasteiger partial charge in [0.2, 0.25) is 0 Å². The van der Waals surface area contributed by atoms with Gasteiger partial charge in [0.05, 0.1) is 5.41 Å². The van der Waals surface area contributed by atoms with Crippen molar-refractivity contribution in [3.8, 4) is 0 Å². The Morgan fingerprint density at radius 2 is 1.65 bits per heavy atom. The molecule has 3 heteroatoms. The summed E-state index contributed by atoms with van der Waals surface area (Å²) in [5, 5.41) is 12.3. The van der Waals surface area contributed by atoms with Crippen LogP contribution in [0, 0.1) is 5.41 Å². The first-order valence-electron chi connectivity index (χ1n) is 7.16. The van der Waals surface area contributed by atoms with Gasteiger partial charge < -0.3 is 10.4 Å². The second kappa shape index (κ2) is 6.40. The summed E-state index contributed by atoms with van der Waals surface area (Å²) < 4.78 is 0. The lowest BCUT2D eigenvalue weighted by Gasteiger charge is -2.20. The summed E-state index contributed by atoms with van der Waals surface area (Å²) in [4.78, 5) is 11.0. The van der Waals surface area contributed by atoms with Gasteiger partial charge in [-0.25, -0.2) is 0 Å². The molecule has 0 bridgehead atoms. The molecule has 0 saturated carbocycles. The van der Waals surface area contributed by atoms with Crippen molar-refractivity contribution < 1.29 is 9.90 Å². The molecule has 0 aromatic heterocycles. The maximum absolute atomic E-state index is 11.0. The van der Waals surface area contributed by atoms with Crippen LogP contribution in [0.25, 0.3) is 0 Å². The summed E-state index contributed by atoms with van der Waals surface area (Å²) in [6.45, 7) is 11.6. The van der Waals surface area contributed by atoms with Gasteiger partial charge in [-0.3, -0.25) is 4.79 Å². The van der Waals surface area contributed by atoms with Gasteiger partial charge >= 0.3 is 5.97 Å². The van der Waals surface area contributed by atoms with Crippen LogP contribution in [0.3, 0.4) is 0 Å². The van der Waals surface area contributed by atoms with Gasteiger partial charge in [-0.1, -0.05) is 45.0 Å². The molecule has 112 valence electrons. The predicted octanol–water partition coefficient (Wildman–Crippen LogP) is 3.57.